The van der Waals surface area contributed by atoms with Crippen LogP contribution >= 0.6 is 0 Å². The van der Waals surface area contributed by atoms with Crippen molar-refractivity contribution in [3.05, 3.63) is 71.0 Å². The smallest absolute Gasteiger partial charge is 0.139 e. The first-order valence-corrected chi connectivity index (χ1v) is 16.9. The van der Waals surface area contributed by atoms with Gasteiger partial charge < -0.3 is 9.97 Å². The van der Waals surface area contributed by atoms with Gasteiger partial charge in [-0.2, -0.15) is 10.5 Å². The maximum Gasteiger partial charge on any atom is 0.139 e. The lowest BCUT2D eigenvalue weighted by Crippen LogP contribution is -2.51. The predicted molar refractivity (Wildman–Crippen MR) is 178 cm³/mol. The Kier molecular flexibility index (Phi) is 8.27. The monoisotopic (exact) mass is 614 g/mol. The number of nitrogens with one attached hydrogen (secondary N) is 2. The molecule has 0 spiro atoms. The van der Waals surface area contributed by atoms with Crippen LogP contribution in [-0.4, -0.2) is 56.5 Å². The number of hydrogen-bond donors (Lipinski definition) is 2. The summed E-state index contributed by atoms with van der Waals surface area (Å²) in [4.78, 5) is 36.9. The van der Waals surface area contributed by atoms with E-state index in [9.17, 15) is 20.1 Å². The summed E-state index contributed by atoms with van der Waals surface area (Å²) in [7, 11) is 0. The van der Waals surface area contributed by atoms with Gasteiger partial charge in [0.15, 0.2) is 0 Å². The van der Waals surface area contributed by atoms with E-state index in [4.69, 9.17) is 0 Å². The van der Waals surface area contributed by atoms with Crippen LogP contribution < -0.4 is 0 Å². The molecule has 8 rings (SSSR count). The molecule has 8 heteroatoms. The lowest BCUT2D eigenvalue weighted by atomic mass is 9.81. The van der Waals surface area contributed by atoms with E-state index in [1.165, 1.54) is 33.3 Å². The summed E-state index contributed by atoms with van der Waals surface area (Å²) in [6.07, 6.45) is 5.77. The van der Waals surface area contributed by atoms with Crippen molar-refractivity contribution in [3.63, 3.8) is 0 Å². The van der Waals surface area contributed by atoms with Crippen LogP contribution in [0, 0.1) is 34.5 Å². The molecular weight excluding hydrogens is 572 g/mol. The standard InChI is InChI=1S/2C19H21N3O/c2*1-2-12-11-22-13(7-8-20)9-15-14-5-3-4-6-16(14)21-19(15)17(22)10-18(12)23/h2*3-6,12-13,17,21H,2,7,9-11H2,1H3/t2*12-,13-,17-/m10/s1. The van der Waals surface area contributed by atoms with Crippen LogP contribution in [0.2, 0.25) is 0 Å². The molecular formula is C38H42N6O2. The van der Waals surface area contributed by atoms with Crippen LogP contribution in [-0.2, 0) is 22.4 Å². The fourth-order valence-electron chi connectivity index (χ4n) is 8.72. The number of H-pyrrole nitrogens is 2. The first-order chi connectivity index (χ1) is 22.4. The van der Waals surface area contributed by atoms with Gasteiger partial charge in [0.1, 0.15) is 11.6 Å². The third-order valence-electron chi connectivity index (χ3n) is 11.2. The molecule has 0 amide bonds. The molecule has 0 saturated carbocycles. The van der Waals surface area contributed by atoms with Crippen LogP contribution in [0.25, 0.3) is 21.8 Å². The molecule has 4 aromatic rings. The zero-order valence-electron chi connectivity index (χ0n) is 26.8. The zero-order chi connectivity index (χ0) is 31.9. The number of hydrogen-bond acceptors (Lipinski definition) is 6. The fraction of sp³-hybridized carbons (Fsp3) is 0.474. The van der Waals surface area contributed by atoms with Gasteiger partial charge in [-0.1, -0.05) is 50.2 Å². The number of aromatic amines is 2. The lowest BCUT2D eigenvalue weighted by Gasteiger charge is -2.46. The van der Waals surface area contributed by atoms with E-state index in [1.807, 2.05) is 12.1 Å². The van der Waals surface area contributed by atoms with Gasteiger partial charge in [0.05, 0.1) is 37.1 Å². The van der Waals surface area contributed by atoms with E-state index in [0.29, 0.717) is 37.2 Å². The Morgan fingerprint density at radius 1 is 0.674 bits per heavy atom. The molecule has 0 bridgehead atoms. The minimum Gasteiger partial charge on any atom is -0.357 e. The van der Waals surface area contributed by atoms with E-state index >= 15 is 0 Å². The Bertz CT molecular complexity index is 1740. The summed E-state index contributed by atoms with van der Waals surface area (Å²) in [6.45, 7) is 5.75. The van der Waals surface area contributed by atoms with E-state index in [0.717, 1.165) is 49.8 Å². The largest absolute Gasteiger partial charge is 0.357 e. The third-order valence-corrected chi connectivity index (χ3v) is 11.2. The molecule has 0 radical (unpaired) electrons. The van der Waals surface area contributed by atoms with Gasteiger partial charge in [-0.05, 0) is 48.9 Å². The molecule has 6 atom stereocenters. The van der Waals surface area contributed by atoms with Crippen molar-refractivity contribution < 1.29 is 9.59 Å². The minimum atomic E-state index is 0.111. The van der Waals surface area contributed by atoms with Crippen LogP contribution in [0.15, 0.2) is 48.5 Å². The number of piperidine rings is 2. The van der Waals surface area contributed by atoms with Crippen LogP contribution in [0.4, 0.5) is 0 Å². The van der Waals surface area contributed by atoms with Crippen LogP contribution in [0.3, 0.4) is 0 Å². The molecule has 2 aromatic carbocycles. The number of Topliss-reactive ketones (excluding diaryl/α,β-unsaturated/α-hetero) is 2. The number of ketones is 2. The average molecular weight is 615 g/mol. The summed E-state index contributed by atoms with van der Waals surface area (Å²) in [5.41, 5.74) is 7.29. The third kappa shape index (κ3) is 5.14. The first kappa shape index (κ1) is 30.4. The number of carbonyl (C=O) groups excluding carboxylic acids is 2. The molecule has 46 heavy (non-hydrogen) atoms. The Morgan fingerprint density at radius 3 is 1.48 bits per heavy atom. The van der Waals surface area contributed by atoms with Crippen molar-refractivity contribution >= 4 is 33.4 Å². The van der Waals surface area contributed by atoms with E-state index < -0.39 is 0 Å². The molecule has 6 heterocycles. The van der Waals surface area contributed by atoms with Gasteiger partial charge >= 0.3 is 0 Å². The van der Waals surface area contributed by atoms with Gasteiger partial charge in [0.2, 0.25) is 0 Å². The van der Waals surface area contributed by atoms with Crippen LogP contribution in [0.5, 0.6) is 0 Å². The Balaban J connectivity index is 0.000000147. The quantitative estimate of drug-likeness (QED) is 0.264. The summed E-state index contributed by atoms with van der Waals surface area (Å²) >= 11 is 0. The fourth-order valence-corrected chi connectivity index (χ4v) is 8.72. The van der Waals surface area contributed by atoms with E-state index in [1.54, 1.807) is 0 Å². The van der Waals surface area contributed by atoms with Crippen molar-refractivity contribution in [2.75, 3.05) is 13.1 Å². The molecule has 4 aliphatic rings. The zero-order valence-corrected chi connectivity index (χ0v) is 26.8. The summed E-state index contributed by atoms with van der Waals surface area (Å²) in [5.74, 6) is 0.990. The SMILES string of the molecule is CC[C@@H]1CN2[C@H](CC#N)Cc3c([nH]c4ccccc34)[C@H]2CC1=O.CC[C@H]1CN2[C@@H](CC#N)Cc3c([nH]c4ccccc34)[C@@H]2CC1=O. The number of nitrogens with zero attached hydrogens (tertiary/aromatic N) is 4. The lowest BCUT2D eigenvalue weighted by molar-refractivity contribution is -0.131. The summed E-state index contributed by atoms with van der Waals surface area (Å²) in [6, 6.07) is 22.0. The second-order valence-electron chi connectivity index (χ2n) is 13.5. The Morgan fingerprint density at radius 2 is 1.09 bits per heavy atom. The van der Waals surface area contributed by atoms with Crippen molar-refractivity contribution in [2.24, 2.45) is 11.8 Å². The van der Waals surface area contributed by atoms with Crippen molar-refractivity contribution in [2.45, 2.75) is 89.4 Å². The van der Waals surface area contributed by atoms with Gasteiger partial charge in [0, 0.05) is 83.0 Å². The van der Waals surface area contributed by atoms with Gasteiger partial charge in [-0.15, -0.1) is 0 Å². The van der Waals surface area contributed by atoms with Crippen LogP contribution in [0.1, 0.15) is 87.0 Å². The summed E-state index contributed by atoms with van der Waals surface area (Å²) < 4.78 is 0. The predicted octanol–water partition coefficient (Wildman–Crippen LogP) is 6.70. The normalized spacial score (nSPS) is 27.5. The Labute approximate surface area is 270 Å². The molecule has 0 unspecified atom stereocenters. The van der Waals surface area contributed by atoms with Crippen molar-refractivity contribution in [3.8, 4) is 12.1 Å². The molecule has 236 valence electrons. The number of aromatic nitrogens is 2. The molecule has 4 aliphatic heterocycles. The maximum absolute atomic E-state index is 12.5. The van der Waals surface area contributed by atoms with E-state index in [2.05, 4.69) is 82.2 Å². The number of para-hydroxylation sites is 2. The highest BCUT2D eigenvalue weighted by atomic mass is 16.1. The molecule has 8 nitrogen and oxygen atoms in total. The number of benzene rings is 2. The highest BCUT2D eigenvalue weighted by Crippen LogP contribution is 2.44. The van der Waals surface area contributed by atoms with Gasteiger partial charge in [-0.3, -0.25) is 19.4 Å². The first-order valence-electron chi connectivity index (χ1n) is 16.9. The minimum absolute atomic E-state index is 0.111. The van der Waals surface area contributed by atoms with E-state index in [-0.39, 0.29) is 36.0 Å². The molecule has 2 saturated heterocycles. The van der Waals surface area contributed by atoms with Crippen molar-refractivity contribution in [1.29, 1.82) is 10.5 Å². The number of carbonyl (C=O) groups is 2. The highest BCUT2D eigenvalue weighted by Gasteiger charge is 2.44. The second-order valence-corrected chi connectivity index (χ2v) is 13.5. The maximum atomic E-state index is 12.5. The van der Waals surface area contributed by atoms with Gasteiger partial charge in [-0.25, -0.2) is 0 Å². The number of nitriles is 2. The average Bonchev–Trinajstić information content (AvgIpc) is 3.64. The number of rotatable bonds is 4. The Hall–Kier alpha value is -4.24. The highest BCUT2D eigenvalue weighted by molar-refractivity contribution is 5.88. The molecule has 2 aromatic heterocycles. The second kappa shape index (κ2) is 12.5. The molecule has 0 aliphatic carbocycles. The topological polar surface area (TPSA) is 120 Å². The number of fused-ring (bicyclic) bond motifs is 10. The molecule has 2 N–H and O–H groups in total. The summed E-state index contributed by atoms with van der Waals surface area (Å²) in [5, 5.41) is 21.0. The van der Waals surface area contributed by atoms with Crippen molar-refractivity contribution in [1.82, 2.24) is 19.8 Å². The van der Waals surface area contributed by atoms with Gasteiger partial charge in [0.25, 0.3) is 0 Å². The molecule has 2 fully saturated rings.